The fourth-order valence-corrected chi connectivity index (χ4v) is 1.86. The summed E-state index contributed by atoms with van der Waals surface area (Å²) in [5, 5.41) is 1.94. The predicted octanol–water partition coefficient (Wildman–Crippen LogP) is 4.05. The first-order chi connectivity index (χ1) is 12.4. The van der Waals surface area contributed by atoms with Gasteiger partial charge in [-0.15, -0.1) is 26.3 Å². The van der Waals surface area contributed by atoms with Crippen molar-refractivity contribution in [2.75, 3.05) is 0 Å². The summed E-state index contributed by atoms with van der Waals surface area (Å²) in [5.41, 5.74) is -0.259. The summed E-state index contributed by atoms with van der Waals surface area (Å²) in [6, 6.07) is 7.56. The van der Waals surface area contributed by atoms with E-state index in [1.165, 1.54) is 0 Å². The maximum atomic E-state index is 12.1. The van der Waals surface area contributed by atoms with Gasteiger partial charge in [-0.3, -0.25) is 14.9 Å². The number of hydrogen-bond donors (Lipinski definition) is 1. The molecule has 0 fully saturated rings. The van der Waals surface area contributed by atoms with Crippen molar-refractivity contribution < 1.29 is 45.4 Å². The molecule has 0 aliphatic heterocycles. The highest BCUT2D eigenvalue weighted by molar-refractivity contribution is 6.10. The second kappa shape index (κ2) is 7.56. The molecule has 2 amide bonds. The van der Waals surface area contributed by atoms with Crippen molar-refractivity contribution in [2.45, 2.75) is 12.7 Å². The van der Waals surface area contributed by atoms with Crippen LogP contribution in [-0.4, -0.2) is 24.5 Å². The highest BCUT2D eigenvalue weighted by atomic mass is 19.4. The zero-order valence-electron chi connectivity index (χ0n) is 13.0. The third-order valence-corrected chi connectivity index (χ3v) is 2.93. The minimum absolute atomic E-state index is 0.130. The molecule has 144 valence electrons. The van der Waals surface area contributed by atoms with Gasteiger partial charge in [0.25, 0.3) is 11.8 Å². The normalized spacial score (nSPS) is 11.6. The Morgan fingerprint density at radius 3 is 1.19 bits per heavy atom. The van der Waals surface area contributed by atoms with Gasteiger partial charge in [0.15, 0.2) is 0 Å². The van der Waals surface area contributed by atoms with E-state index in [2.05, 4.69) is 9.47 Å². The number of nitrogens with one attached hydrogen (secondary N) is 1. The van der Waals surface area contributed by atoms with Gasteiger partial charge in [-0.1, -0.05) is 0 Å². The van der Waals surface area contributed by atoms with E-state index in [9.17, 15) is 35.9 Å². The average Bonchev–Trinajstić information content (AvgIpc) is 2.53. The van der Waals surface area contributed by atoms with Gasteiger partial charge in [-0.05, 0) is 48.5 Å². The van der Waals surface area contributed by atoms with Gasteiger partial charge < -0.3 is 9.47 Å². The summed E-state index contributed by atoms with van der Waals surface area (Å²) in [5.74, 6) is -2.94. The van der Waals surface area contributed by atoms with Crippen LogP contribution in [0.5, 0.6) is 11.5 Å². The maximum Gasteiger partial charge on any atom is 0.573 e. The van der Waals surface area contributed by atoms with Gasteiger partial charge in [-0.2, -0.15) is 0 Å². The van der Waals surface area contributed by atoms with E-state index in [-0.39, 0.29) is 11.1 Å². The van der Waals surface area contributed by atoms with Crippen molar-refractivity contribution >= 4 is 11.8 Å². The first-order valence-electron chi connectivity index (χ1n) is 7.00. The highest BCUT2D eigenvalue weighted by Crippen LogP contribution is 2.24. The van der Waals surface area contributed by atoms with E-state index in [4.69, 9.17) is 0 Å². The van der Waals surface area contributed by atoms with Crippen LogP contribution in [0.2, 0.25) is 0 Å². The Bertz CT molecular complexity index is 743. The summed E-state index contributed by atoms with van der Waals surface area (Å²) in [4.78, 5) is 23.8. The molecule has 0 unspecified atom stereocenters. The minimum atomic E-state index is -4.89. The molecule has 0 aliphatic carbocycles. The minimum Gasteiger partial charge on any atom is -0.406 e. The molecule has 2 aromatic carbocycles. The summed E-state index contributed by atoms with van der Waals surface area (Å²) in [6.45, 7) is 0. The number of rotatable bonds is 4. The smallest absolute Gasteiger partial charge is 0.406 e. The van der Waals surface area contributed by atoms with Crippen LogP contribution in [-0.2, 0) is 0 Å². The zero-order valence-corrected chi connectivity index (χ0v) is 13.0. The van der Waals surface area contributed by atoms with Crippen molar-refractivity contribution in [1.82, 2.24) is 5.32 Å². The third-order valence-electron chi connectivity index (χ3n) is 2.93. The third kappa shape index (κ3) is 6.53. The molecule has 0 saturated heterocycles. The molecule has 2 rings (SSSR count). The molecule has 27 heavy (non-hydrogen) atoms. The van der Waals surface area contributed by atoms with E-state index >= 15 is 0 Å². The summed E-state index contributed by atoms with van der Waals surface area (Å²) < 4.78 is 79.7. The molecular weight excluding hydrogens is 384 g/mol. The Labute approximate surface area is 147 Å². The SMILES string of the molecule is O=C(NC(=O)c1ccc(OC(F)(F)F)cc1)c1ccc(OC(F)(F)F)cc1. The molecule has 11 heteroatoms. The molecule has 0 spiro atoms. The number of halogens is 6. The number of carbonyl (C=O) groups excluding carboxylic acids is 2. The molecular formula is C16H9F6NO4. The van der Waals surface area contributed by atoms with Crippen LogP contribution in [0.1, 0.15) is 20.7 Å². The average molecular weight is 393 g/mol. The Morgan fingerprint density at radius 1 is 0.630 bits per heavy atom. The molecule has 0 bridgehead atoms. The second-order valence-electron chi connectivity index (χ2n) is 4.93. The summed E-state index contributed by atoms with van der Waals surface area (Å²) in [7, 11) is 0. The van der Waals surface area contributed by atoms with E-state index in [0.29, 0.717) is 0 Å². The highest BCUT2D eigenvalue weighted by Gasteiger charge is 2.31. The van der Waals surface area contributed by atoms with E-state index < -0.39 is 36.0 Å². The van der Waals surface area contributed by atoms with Crippen molar-refractivity contribution in [3.63, 3.8) is 0 Å². The monoisotopic (exact) mass is 393 g/mol. The van der Waals surface area contributed by atoms with Crippen LogP contribution < -0.4 is 14.8 Å². The molecule has 0 heterocycles. The fourth-order valence-electron chi connectivity index (χ4n) is 1.86. The van der Waals surface area contributed by atoms with Gasteiger partial charge in [-0.25, -0.2) is 0 Å². The number of carbonyl (C=O) groups is 2. The van der Waals surface area contributed by atoms with Crippen molar-refractivity contribution in [1.29, 1.82) is 0 Å². The lowest BCUT2D eigenvalue weighted by molar-refractivity contribution is -0.275. The Morgan fingerprint density at radius 2 is 0.926 bits per heavy atom. The lowest BCUT2D eigenvalue weighted by Crippen LogP contribution is -2.30. The van der Waals surface area contributed by atoms with Crippen molar-refractivity contribution in [3.8, 4) is 11.5 Å². The number of ether oxygens (including phenoxy) is 2. The topological polar surface area (TPSA) is 64.6 Å². The maximum absolute atomic E-state index is 12.1. The molecule has 0 aromatic heterocycles. The molecule has 2 aromatic rings. The second-order valence-corrected chi connectivity index (χ2v) is 4.93. The molecule has 0 saturated carbocycles. The van der Waals surface area contributed by atoms with Crippen molar-refractivity contribution in [3.05, 3.63) is 59.7 Å². The first-order valence-corrected chi connectivity index (χ1v) is 7.00. The van der Waals surface area contributed by atoms with E-state index in [0.717, 1.165) is 48.5 Å². The van der Waals surface area contributed by atoms with Crippen LogP contribution in [0.3, 0.4) is 0 Å². The lowest BCUT2D eigenvalue weighted by atomic mass is 10.1. The molecule has 1 N–H and O–H groups in total. The van der Waals surface area contributed by atoms with Crippen LogP contribution in [0, 0.1) is 0 Å². The molecule has 0 radical (unpaired) electrons. The van der Waals surface area contributed by atoms with Gasteiger partial charge in [0, 0.05) is 11.1 Å². The largest absolute Gasteiger partial charge is 0.573 e. The number of amides is 2. The Kier molecular flexibility index (Phi) is 5.62. The van der Waals surface area contributed by atoms with Crippen LogP contribution in [0.15, 0.2) is 48.5 Å². The van der Waals surface area contributed by atoms with E-state index in [1.807, 2.05) is 5.32 Å². The number of imide groups is 1. The van der Waals surface area contributed by atoms with Gasteiger partial charge in [0.1, 0.15) is 11.5 Å². The first kappa shape index (κ1) is 20.1. The summed E-state index contributed by atoms with van der Waals surface area (Å²) in [6.07, 6.45) is -9.77. The van der Waals surface area contributed by atoms with Gasteiger partial charge >= 0.3 is 12.7 Å². The molecule has 0 aliphatic rings. The summed E-state index contributed by atoms with van der Waals surface area (Å²) >= 11 is 0. The van der Waals surface area contributed by atoms with Gasteiger partial charge in [0.05, 0.1) is 0 Å². The lowest BCUT2D eigenvalue weighted by Gasteiger charge is -2.10. The number of alkyl halides is 6. The molecule has 5 nitrogen and oxygen atoms in total. The van der Waals surface area contributed by atoms with E-state index in [1.54, 1.807) is 0 Å². The predicted molar refractivity (Wildman–Crippen MR) is 78.0 cm³/mol. The molecule has 0 atom stereocenters. The van der Waals surface area contributed by atoms with Crippen LogP contribution in [0.4, 0.5) is 26.3 Å². The number of hydrogen-bond acceptors (Lipinski definition) is 4. The van der Waals surface area contributed by atoms with Crippen molar-refractivity contribution in [2.24, 2.45) is 0 Å². The number of benzene rings is 2. The van der Waals surface area contributed by atoms with Crippen LogP contribution in [0.25, 0.3) is 0 Å². The Hall–Kier alpha value is -3.24. The quantitative estimate of drug-likeness (QED) is 0.629. The fraction of sp³-hybridized carbons (Fsp3) is 0.125. The zero-order chi connectivity index (χ0) is 20.2. The van der Waals surface area contributed by atoms with Crippen LogP contribution >= 0.6 is 0 Å². The van der Waals surface area contributed by atoms with Gasteiger partial charge in [0.2, 0.25) is 0 Å². The Balaban J connectivity index is 1.99. The standard InChI is InChI=1S/C16H9F6NO4/c17-15(18,19)26-11-5-1-9(2-6-11)13(24)23-14(25)10-3-7-12(8-4-10)27-16(20,21)22/h1-8H,(H,23,24,25).